The minimum atomic E-state index is -0.956. The van der Waals surface area contributed by atoms with Gasteiger partial charge >= 0.3 is 5.97 Å². The molecule has 1 N–H and O–H groups in total. The Balaban J connectivity index is 1.96. The van der Waals surface area contributed by atoms with Crippen molar-refractivity contribution in [3.05, 3.63) is 35.2 Å². The second kappa shape index (κ2) is 7.11. The molecule has 0 amide bonds. The number of carboxylic acid groups (broad SMARTS) is 1. The molecule has 3 rings (SSSR count). The molecule has 0 saturated heterocycles. The third-order valence-electron chi connectivity index (χ3n) is 4.46. The quantitative estimate of drug-likeness (QED) is 0.888. The number of carbonyl (C=O) groups is 1. The zero-order valence-electron chi connectivity index (χ0n) is 14.0. The Morgan fingerprint density at radius 3 is 2.83 bits per heavy atom. The van der Waals surface area contributed by atoms with Gasteiger partial charge in [0.1, 0.15) is 5.69 Å². The van der Waals surface area contributed by atoms with Gasteiger partial charge in [-0.1, -0.05) is 0 Å². The lowest BCUT2D eigenvalue weighted by molar-refractivity contribution is 0.0697. The Kier molecular flexibility index (Phi) is 4.92. The van der Waals surface area contributed by atoms with E-state index in [0.717, 1.165) is 49.4 Å². The van der Waals surface area contributed by atoms with Gasteiger partial charge in [-0.05, 0) is 24.1 Å². The fourth-order valence-corrected chi connectivity index (χ4v) is 3.09. The standard InChI is InChI=1S/C17H22N4O3/c1-20-15(3-6-18-20)16-13(17(22)23)11-12-4-7-21(9-10-24-2)8-5-14(12)19-16/h3,6,11H,4-5,7-10H2,1-2H3,(H,22,23). The molecular weight excluding hydrogens is 308 g/mol. The first-order chi connectivity index (χ1) is 11.6. The van der Waals surface area contributed by atoms with Crippen LogP contribution in [-0.4, -0.2) is 64.1 Å². The molecule has 7 nitrogen and oxygen atoms in total. The lowest BCUT2D eigenvalue weighted by atomic mass is 10.0. The van der Waals surface area contributed by atoms with Crippen LogP contribution in [0.2, 0.25) is 0 Å². The van der Waals surface area contributed by atoms with Crippen LogP contribution in [0.1, 0.15) is 21.6 Å². The topological polar surface area (TPSA) is 80.5 Å². The summed E-state index contributed by atoms with van der Waals surface area (Å²) in [5, 5.41) is 13.7. The van der Waals surface area contributed by atoms with Crippen LogP contribution in [0.5, 0.6) is 0 Å². The minimum Gasteiger partial charge on any atom is -0.478 e. The van der Waals surface area contributed by atoms with Gasteiger partial charge in [-0.3, -0.25) is 4.68 Å². The number of fused-ring (bicyclic) bond motifs is 1. The molecule has 0 aromatic carbocycles. The van der Waals surface area contributed by atoms with Crippen LogP contribution in [0.25, 0.3) is 11.4 Å². The van der Waals surface area contributed by atoms with Gasteiger partial charge in [0, 0.05) is 52.1 Å². The molecule has 0 bridgehead atoms. The number of pyridine rings is 1. The van der Waals surface area contributed by atoms with E-state index in [1.54, 1.807) is 37.2 Å². The van der Waals surface area contributed by atoms with Crippen molar-refractivity contribution >= 4 is 5.97 Å². The maximum Gasteiger partial charge on any atom is 0.337 e. The summed E-state index contributed by atoms with van der Waals surface area (Å²) in [4.78, 5) is 18.8. The van der Waals surface area contributed by atoms with Crippen LogP contribution in [-0.2, 0) is 24.6 Å². The van der Waals surface area contributed by atoms with Crippen LogP contribution < -0.4 is 0 Å². The summed E-state index contributed by atoms with van der Waals surface area (Å²) in [6.07, 6.45) is 3.27. The van der Waals surface area contributed by atoms with Crippen molar-refractivity contribution in [3.8, 4) is 11.4 Å². The summed E-state index contributed by atoms with van der Waals surface area (Å²) in [5.41, 5.74) is 3.46. The van der Waals surface area contributed by atoms with Crippen molar-refractivity contribution in [2.24, 2.45) is 7.05 Å². The molecular formula is C17H22N4O3. The number of hydrogen-bond acceptors (Lipinski definition) is 5. The van der Waals surface area contributed by atoms with Gasteiger partial charge in [-0.25, -0.2) is 9.78 Å². The zero-order valence-corrected chi connectivity index (χ0v) is 14.0. The summed E-state index contributed by atoms with van der Waals surface area (Å²) >= 11 is 0. The lowest BCUT2D eigenvalue weighted by Gasteiger charge is -2.18. The number of hydrogen-bond donors (Lipinski definition) is 1. The number of nitrogens with zero attached hydrogens (tertiary/aromatic N) is 4. The highest BCUT2D eigenvalue weighted by Gasteiger charge is 2.22. The SMILES string of the molecule is COCCN1CCc2cc(C(=O)O)c(-c3ccnn3C)nc2CC1. The summed E-state index contributed by atoms with van der Waals surface area (Å²) in [6, 6.07) is 3.58. The van der Waals surface area contributed by atoms with Crippen LogP contribution in [0.4, 0.5) is 0 Å². The van der Waals surface area contributed by atoms with Crippen molar-refractivity contribution < 1.29 is 14.6 Å². The van der Waals surface area contributed by atoms with Crippen molar-refractivity contribution in [1.29, 1.82) is 0 Å². The summed E-state index contributed by atoms with van der Waals surface area (Å²) in [5.74, 6) is -0.956. The fraction of sp³-hybridized carbons (Fsp3) is 0.471. The van der Waals surface area contributed by atoms with Crippen molar-refractivity contribution in [3.63, 3.8) is 0 Å². The van der Waals surface area contributed by atoms with Crippen molar-refractivity contribution in [1.82, 2.24) is 19.7 Å². The molecule has 7 heteroatoms. The van der Waals surface area contributed by atoms with Gasteiger partial charge in [-0.2, -0.15) is 5.10 Å². The zero-order chi connectivity index (χ0) is 17.1. The molecule has 128 valence electrons. The predicted molar refractivity (Wildman–Crippen MR) is 89.1 cm³/mol. The largest absolute Gasteiger partial charge is 0.478 e. The molecule has 1 aliphatic heterocycles. The highest BCUT2D eigenvalue weighted by atomic mass is 16.5. The summed E-state index contributed by atoms with van der Waals surface area (Å²) in [7, 11) is 3.49. The van der Waals surface area contributed by atoms with E-state index in [0.29, 0.717) is 12.3 Å². The first kappa shape index (κ1) is 16.6. The molecule has 24 heavy (non-hydrogen) atoms. The van der Waals surface area contributed by atoms with E-state index in [-0.39, 0.29) is 5.56 Å². The fourth-order valence-electron chi connectivity index (χ4n) is 3.09. The Hall–Kier alpha value is -2.25. The highest BCUT2D eigenvalue weighted by Crippen LogP contribution is 2.25. The molecule has 0 aliphatic carbocycles. The van der Waals surface area contributed by atoms with Gasteiger partial charge in [-0.15, -0.1) is 0 Å². The molecule has 0 fully saturated rings. The average Bonchev–Trinajstić information content (AvgIpc) is 2.89. The van der Waals surface area contributed by atoms with E-state index >= 15 is 0 Å². The van der Waals surface area contributed by atoms with Crippen LogP contribution in [0.15, 0.2) is 18.3 Å². The Morgan fingerprint density at radius 1 is 1.38 bits per heavy atom. The second-order valence-corrected chi connectivity index (χ2v) is 5.97. The second-order valence-electron chi connectivity index (χ2n) is 5.97. The lowest BCUT2D eigenvalue weighted by Crippen LogP contribution is -2.29. The molecule has 0 unspecified atom stereocenters. The molecule has 0 radical (unpaired) electrons. The first-order valence-electron chi connectivity index (χ1n) is 8.06. The van der Waals surface area contributed by atoms with E-state index in [9.17, 15) is 9.90 Å². The molecule has 2 aromatic heterocycles. The molecule has 0 atom stereocenters. The van der Waals surface area contributed by atoms with Gasteiger partial charge < -0.3 is 14.7 Å². The highest BCUT2D eigenvalue weighted by molar-refractivity contribution is 5.94. The molecule has 3 heterocycles. The number of aromatic carboxylic acids is 1. The minimum absolute atomic E-state index is 0.239. The normalized spacial score (nSPS) is 15.1. The smallest absolute Gasteiger partial charge is 0.337 e. The number of methoxy groups -OCH3 is 1. The van der Waals surface area contributed by atoms with Gasteiger partial charge in [0.25, 0.3) is 0 Å². The Labute approximate surface area is 140 Å². The van der Waals surface area contributed by atoms with E-state index in [4.69, 9.17) is 9.72 Å². The van der Waals surface area contributed by atoms with Gasteiger partial charge in [0.2, 0.25) is 0 Å². The summed E-state index contributed by atoms with van der Waals surface area (Å²) < 4.78 is 6.81. The number of aromatic nitrogens is 3. The molecule has 0 spiro atoms. The third-order valence-corrected chi connectivity index (χ3v) is 4.46. The van der Waals surface area contributed by atoms with E-state index in [1.165, 1.54) is 0 Å². The Morgan fingerprint density at radius 2 is 2.17 bits per heavy atom. The molecule has 1 aliphatic rings. The first-order valence-corrected chi connectivity index (χ1v) is 8.06. The van der Waals surface area contributed by atoms with E-state index in [2.05, 4.69) is 10.00 Å². The van der Waals surface area contributed by atoms with Gasteiger partial charge in [0.05, 0.1) is 17.9 Å². The predicted octanol–water partition coefficient (Wildman–Crippen LogP) is 1.23. The van der Waals surface area contributed by atoms with E-state index < -0.39 is 5.97 Å². The maximum absolute atomic E-state index is 11.7. The third kappa shape index (κ3) is 3.32. The maximum atomic E-state index is 11.7. The Bertz CT molecular complexity index is 741. The average molecular weight is 330 g/mol. The van der Waals surface area contributed by atoms with E-state index in [1.807, 2.05) is 0 Å². The van der Waals surface area contributed by atoms with Crippen LogP contribution >= 0.6 is 0 Å². The number of rotatable bonds is 5. The van der Waals surface area contributed by atoms with Crippen LogP contribution in [0, 0.1) is 0 Å². The molecule has 2 aromatic rings. The number of carboxylic acids is 1. The number of ether oxygens (including phenoxy) is 1. The molecule has 0 saturated carbocycles. The van der Waals surface area contributed by atoms with Crippen molar-refractivity contribution in [2.75, 3.05) is 33.4 Å². The monoisotopic (exact) mass is 330 g/mol. The van der Waals surface area contributed by atoms with Crippen LogP contribution in [0.3, 0.4) is 0 Å². The number of aryl methyl sites for hydroxylation is 1. The van der Waals surface area contributed by atoms with Crippen molar-refractivity contribution in [2.45, 2.75) is 12.8 Å². The van der Waals surface area contributed by atoms with Gasteiger partial charge in [0.15, 0.2) is 0 Å². The summed E-state index contributed by atoms with van der Waals surface area (Å²) in [6.45, 7) is 3.37.